The van der Waals surface area contributed by atoms with Crippen LogP contribution in [0.4, 0.5) is 17.5 Å². The van der Waals surface area contributed by atoms with Gasteiger partial charge in [-0.3, -0.25) is 9.48 Å². The minimum absolute atomic E-state index is 0.165. The van der Waals surface area contributed by atoms with Gasteiger partial charge in [-0.1, -0.05) is 19.4 Å². The number of unbranched alkanes of at least 4 members (excludes halogenated alkanes) is 1. The molecular formula is C29H43N9O2. The lowest BCUT2D eigenvalue weighted by Crippen LogP contribution is -2.50. The molecule has 1 saturated heterocycles. The van der Waals surface area contributed by atoms with Crippen molar-refractivity contribution in [1.29, 1.82) is 0 Å². The highest BCUT2D eigenvalue weighted by atomic mass is 16.5. The van der Waals surface area contributed by atoms with Crippen LogP contribution in [-0.2, 0) is 11.3 Å². The number of nitrogens with two attached hydrogens (primary N) is 2. The summed E-state index contributed by atoms with van der Waals surface area (Å²) in [4.78, 5) is 26.2. The highest BCUT2D eigenvalue weighted by Crippen LogP contribution is 2.31. The van der Waals surface area contributed by atoms with E-state index in [1.807, 2.05) is 10.9 Å². The minimum Gasteiger partial charge on any atom is -0.496 e. The number of hydrogen-bond donors (Lipinski definition) is 3. The Bertz CT molecular complexity index is 1290. The number of nitrogen functional groups attached to an aromatic ring is 1. The number of amides is 1. The van der Waals surface area contributed by atoms with Crippen LogP contribution in [0.2, 0.25) is 0 Å². The Morgan fingerprint density at radius 2 is 1.90 bits per heavy atom. The number of nitrogens with one attached hydrogen (secondary N) is 1. The molecule has 40 heavy (non-hydrogen) atoms. The predicted octanol–water partition coefficient (Wildman–Crippen LogP) is 3.09. The minimum atomic E-state index is 0.165. The molecule has 1 aliphatic heterocycles. The molecule has 11 nitrogen and oxygen atoms in total. The Morgan fingerprint density at radius 1 is 1.12 bits per heavy atom. The number of carbonyl (C=O) groups excluding carboxylic acids is 1. The topological polar surface area (TPSA) is 140 Å². The number of benzene rings is 1. The van der Waals surface area contributed by atoms with Crippen LogP contribution in [0.3, 0.4) is 0 Å². The molecule has 11 heteroatoms. The number of hydrogen-bond acceptors (Lipinski definition) is 9. The maximum absolute atomic E-state index is 13.1. The molecule has 0 spiro atoms. The van der Waals surface area contributed by atoms with E-state index in [-0.39, 0.29) is 11.9 Å². The average Bonchev–Trinajstić information content (AvgIpc) is 3.39. The fourth-order valence-electron chi connectivity index (χ4n) is 5.89. The van der Waals surface area contributed by atoms with Crippen LogP contribution in [0.5, 0.6) is 5.75 Å². The third-order valence-electron chi connectivity index (χ3n) is 8.34. The molecule has 5 N–H and O–H groups in total. The molecule has 216 valence electrons. The van der Waals surface area contributed by atoms with Crippen LogP contribution in [-0.4, -0.2) is 76.9 Å². The maximum Gasteiger partial charge on any atom is 0.225 e. The maximum atomic E-state index is 13.1. The number of aromatic nitrogens is 4. The van der Waals surface area contributed by atoms with Crippen molar-refractivity contribution >= 4 is 34.4 Å². The van der Waals surface area contributed by atoms with Crippen LogP contribution in [0.15, 0.2) is 24.4 Å². The predicted molar refractivity (Wildman–Crippen MR) is 159 cm³/mol. The Kier molecular flexibility index (Phi) is 8.88. The first-order valence-electron chi connectivity index (χ1n) is 14.6. The molecule has 5 rings (SSSR count). The van der Waals surface area contributed by atoms with Crippen molar-refractivity contribution in [2.24, 2.45) is 17.6 Å². The van der Waals surface area contributed by atoms with Crippen molar-refractivity contribution in [3.8, 4) is 5.75 Å². The fraction of sp³-hybridized carbons (Fsp3) is 0.586. The standard InChI is InChI=1S/C29H43N9O2/c1-3-4-11-32-27-26-24(33-29(31)34-27)19-38(35-26)18-22-9-10-23(16-25(22)40-2)36-12-14-37(15-13-36)28(39)21-7-5-20(17-30)6-8-21/h9-10,16,19-21H,3-8,11-15,17-18,30H2,1-2H3,(H3,31,32,33,34). The van der Waals surface area contributed by atoms with Gasteiger partial charge in [0.1, 0.15) is 11.3 Å². The summed E-state index contributed by atoms with van der Waals surface area (Å²) in [5.41, 5.74) is 15.3. The number of nitrogens with zero attached hydrogens (tertiary/aromatic N) is 6. The van der Waals surface area contributed by atoms with Gasteiger partial charge in [0.2, 0.25) is 11.9 Å². The van der Waals surface area contributed by atoms with Gasteiger partial charge < -0.3 is 31.3 Å². The molecule has 2 aliphatic rings. The van der Waals surface area contributed by atoms with Crippen molar-refractivity contribution in [1.82, 2.24) is 24.6 Å². The van der Waals surface area contributed by atoms with E-state index in [1.165, 1.54) is 0 Å². The first-order valence-corrected chi connectivity index (χ1v) is 14.6. The van der Waals surface area contributed by atoms with Crippen LogP contribution < -0.4 is 26.4 Å². The summed E-state index contributed by atoms with van der Waals surface area (Å²) in [5, 5.41) is 8.09. The number of carbonyl (C=O) groups is 1. The average molecular weight is 550 g/mol. The second-order valence-electron chi connectivity index (χ2n) is 11.0. The largest absolute Gasteiger partial charge is 0.496 e. The second-order valence-corrected chi connectivity index (χ2v) is 11.0. The Balaban J connectivity index is 1.22. The van der Waals surface area contributed by atoms with Gasteiger partial charge in [-0.25, -0.2) is 4.98 Å². The Labute approximate surface area is 236 Å². The van der Waals surface area contributed by atoms with Crippen molar-refractivity contribution in [2.75, 3.05) is 62.3 Å². The highest BCUT2D eigenvalue weighted by Gasteiger charge is 2.31. The number of fused-ring (bicyclic) bond motifs is 1. The summed E-state index contributed by atoms with van der Waals surface area (Å²) in [6, 6.07) is 6.30. The van der Waals surface area contributed by atoms with Crippen LogP contribution in [0.1, 0.15) is 51.0 Å². The molecule has 0 bridgehead atoms. The zero-order chi connectivity index (χ0) is 28.1. The van der Waals surface area contributed by atoms with Gasteiger partial charge >= 0.3 is 0 Å². The molecule has 1 amide bonds. The van der Waals surface area contributed by atoms with E-state index in [9.17, 15) is 4.79 Å². The quantitative estimate of drug-likeness (QED) is 0.325. The van der Waals surface area contributed by atoms with Crippen LogP contribution in [0, 0.1) is 11.8 Å². The summed E-state index contributed by atoms with van der Waals surface area (Å²) in [6.07, 6.45) is 8.12. The number of rotatable bonds is 10. The van der Waals surface area contributed by atoms with Crippen molar-refractivity contribution in [3.63, 3.8) is 0 Å². The van der Waals surface area contributed by atoms with Crippen LogP contribution in [0.25, 0.3) is 11.0 Å². The molecule has 2 fully saturated rings. The van der Waals surface area contributed by atoms with E-state index in [0.29, 0.717) is 35.2 Å². The van der Waals surface area contributed by atoms with Gasteiger partial charge in [-0.15, -0.1) is 0 Å². The van der Waals surface area contributed by atoms with Gasteiger partial charge in [0.05, 0.1) is 19.9 Å². The highest BCUT2D eigenvalue weighted by molar-refractivity contribution is 5.85. The smallest absolute Gasteiger partial charge is 0.225 e. The lowest BCUT2D eigenvalue weighted by molar-refractivity contribution is -0.137. The van der Waals surface area contributed by atoms with E-state index in [1.54, 1.807) is 7.11 Å². The SMILES string of the molecule is CCCCNc1nc(N)nc2cn(Cc3ccc(N4CCN(C(=O)C5CCC(CN)CC5)CC4)cc3OC)nc12. The molecule has 0 radical (unpaired) electrons. The van der Waals surface area contributed by atoms with Gasteiger partial charge in [0.25, 0.3) is 0 Å². The second kappa shape index (κ2) is 12.7. The first-order chi connectivity index (χ1) is 19.5. The lowest BCUT2D eigenvalue weighted by atomic mass is 9.81. The first kappa shape index (κ1) is 27.9. The molecule has 3 aromatic rings. The van der Waals surface area contributed by atoms with Gasteiger partial charge in [0.15, 0.2) is 11.3 Å². The zero-order valence-corrected chi connectivity index (χ0v) is 23.8. The number of methoxy groups -OCH3 is 1. The zero-order valence-electron chi connectivity index (χ0n) is 23.8. The van der Waals surface area contributed by atoms with Crippen molar-refractivity contribution in [2.45, 2.75) is 52.0 Å². The third-order valence-corrected chi connectivity index (χ3v) is 8.34. The van der Waals surface area contributed by atoms with E-state index >= 15 is 0 Å². The summed E-state index contributed by atoms with van der Waals surface area (Å²) in [5.74, 6) is 2.78. The van der Waals surface area contributed by atoms with E-state index in [4.69, 9.17) is 21.3 Å². The number of ether oxygens (including phenoxy) is 1. The van der Waals surface area contributed by atoms with E-state index in [0.717, 1.165) is 94.8 Å². The van der Waals surface area contributed by atoms with Crippen molar-refractivity contribution in [3.05, 3.63) is 30.0 Å². The fourth-order valence-corrected chi connectivity index (χ4v) is 5.89. The molecule has 2 aromatic heterocycles. The Hall–Kier alpha value is -3.60. The van der Waals surface area contributed by atoms with E-state index in [2.05, 4.69) is 50.2 Å². The summed E-state index contributed by atoms with van der Waals surface area (Å²) >= 11 is 0. The van der Waals surface area contributed by atoms with Gasteiger partial charge in [0, 0.05) is 56.0 Å². The lowest BCUT2D eigenvalue weighted by Gasteiger charge is -2.39. The summed E-state index contributed by atoms with van der Waals surface area (Å²) in [7, 11) is 1.69. The Morgan fingerprint density at radius 3 is 2.60 bits per heavy atom. The molecule has 0 unspecified atom stereocenters. The number of piperazine rings is 1. The third kappa shape index (κ3) is 6.24. The monoisotopic (exact) mass is 549 g/mol. The van der Waals surface area contributed by atoms with Crippen molar-refractivity contribution < 1.29 is 9.53 Å². The van der Waals surface area contributed by atoms with Gasteiger partial charge in [-0.05, 0) is 50.6 Å². The molecule has 3 heterocycles. The summed E-state index contributed by atoms with van der Waals surface area (Å²) in [6.45, 7) is 7.34. The van der Waals surface area contributed by atoms with E-state index < -0.39 is 0 Å². The molecule has 1 aromatic carbocycles. The molecule has 1 saturated carbocycles. The molecule has 1 aliphatic carbocycles. The number of anilines is 3. The van der Waals surface area contributed by atoms with Gasteiger partial charge in [-0.2, -0.15) is 10.1 Å². The summed E-state index contributed by atoms with van der Waals surface area (Å²) < 4.78 is 7.64. The molecular weight excluding hydrogens is 506 g/mol. The normalized spacial score (nSPS) is 19.7. The molecule has 0 atom stereocenters. The van der Waals surface area contributed by atoms with Crippen LogP contribution >= 0.6 is 0 Å².